The number of ether oxygens (including phenoxy) is 2. The van der Waals surface area contributed by atoms with Crippen molar-refractivity contribution in [2.75, 3.05) is 25.1 Å². The first-order valence-electron chi connectivity index (χ1n) is 6.73. The van der Waals surface area contributed by atoms with Crippen molar-refractivity contribution >= 4 is 11.7 Å². The van der Waals surface area contributed by atoms with Crippen LogP contribution in [0, 0.1) is 12.8 Å². The zero-order valence-electron chi connectivity index (χ0n) is 11.7. The molecule has 0 aliphatic carbocycles. The Morgan fingerprint density at radius 2 is 2.33 bits per heavy atom. The Hall–Kier alpha value is -1.89. The zero-order valence-corrected chi connectivity index (χ0v) is 11.7. The van der Waals surface area contributed by atoms with Crippen LogP contribution in [0.15, 0.2) is 18.2 Å². The highest BCUT2D eigenvalue weighted by molar-refractivity contribution is 5.90. The van der Waals surface area contributed by atoms with E-state index in [-0.39, 0.29) is 11.8 Å². The predicted molar refractivity (Wildman–Crippen MR) is 73.8 cm³/mol. The van der Waals surface area contributed by atoms with E-state index in [1.54, 1.807) is 19.1 Å². The lowest BCUT2D eigenvalue weighted by molar-refractivity contribution is -0.0502. The maximum atomic E-state index is 12.3. The van der Waals surface area contributed by atoms with E-state index in [1.807, 2.05) is 0 Å². The van der Waals surface area contributed by atoms with Crippen LogP contribution in [0.5, 0.6) is 5.75 Å². The molecule has 0 aromatic heterocycles. The first kappa shape index (κ1) is 15.5. The summed E-state index contributed by atoms with van der Waals surface area (Å²) in [4.78, 5) is 11.8. The third-order valence-electron chi connectivity index (χ3n) is 3.32. The van der Waals surface area contributed by atoms with Gasteiger partial charge in [-0.25, -0.2) is 4.79 Å². The molecule has 116 valence electrons. The van der Waals surface area contributed by atoms with Crippen LogP contribution in [-0.4, -0.2) is 32.4 Å². The molecule has 1 aromatic rings. The predicted octanol–water partition coefficient (Wildman–Crippen LogP) is 2.75. The molecule has 2 N–H and O–H groups in total. The van der Waals surface area contributed by atoms with Gasteiger partial charge in [-0.2, -0.15) is 8.78 Å². The molecule has 0 bridgehead atoms. The standard InChI is InChI=1S/C14H18F2N2O3/c1-9-11(3-2-4-12(9)21-13(15)16)18-14(19)17-7-10-5-6-20-8-10/h2-4,10,13H,5-8H2,1H3,(H2,17,18,19)/t10-/m0/s1. The molecule has 21 heavy (non-hydrogen) atoms. The van der Waals surface area contributed by atoms with Crippen LogP contribution in [0.4, 0.5) is 19.3 Å². The third kappa shape index (κ3) is 4.56. The molecule has 1 aromatic carbocycles. The molecule has 5 nitrogen and oxygen atoms in total. The number of hydrogen-bond donors (Lipinski definition) is 2. The van der Waals surface area contributed by atoms with Gasteiger partial charge in [-0.05, 0) is 25.5 Å². The van der Waals surface area contributed by atoms with E-state index in [1.165, 1.54) is 6.07 Å². The number of urea groups is 1. The fourth-order valence-electron chi connectivity index (χ4n) is 2.12. The van der Waals surface area contributed by atoms with Crippen molar-refractivity contribution in [3.8, 4) is 5.75 Å². The van der Waals surface area contributed by atoms with Crippen LogP contribution in [-0.2, 0) is 4.74 Å². The molecular weight excluding hydrogens is 282 g/mol. The number of hydrogen-bond acceptors (Lipinski definition) is 3. The number of carbonyl (C=O) groups is 1. The average Bonchev–Trinajstić information content (AvgIpc) is 2.94. The molecule has 1 aliphatic rings. The summed E-state index contributed by atoms with van der Waals surface area (Å²) < 4.78 is 34.1. The van der Waals surface area contributed by atoms with Crippen molar-refractivity contribution in [3.63, 3.8) is 0 Å². The third-order valence-corrected chi connectivity index (χ3v) is 3.32. The van der Waals surface area contributed by atoms with E-state index >= 15 is 0 Å². The van der Waals surface area contributed by atoms with Crippen molar-refractivity contribution in [1.29, 1.82) is 0 Å². The fraction of sp³-hybridized carbons (Fsp3) is 0.500. The van der Waals surface area contributed by atoms with Gasteiger partial charge in [0, 0.05) is 30.3 Å². The summed E-state index contributed by atoms with van der Waals surface area (Å²) >= 11 is 0. The summed E-state index contributed by atoms with van der Waals surface area (Å²) in [6.07, 6.45) is 0.928. The van der Waals surface area contributed by atoms with Gasteiger partial charge in [0.2, 0.25) is 0 Å². The Morgan fingerprint density at radius 1 is 1.52 bits per heavy atom. The average molecular weight is 300 g/mol. The molecule has 1 atom stereocenters. The smallest absolute Gasteiger partial charge is 0.387 e. The van der Waals surface area contributed by atoms with Gasteiger partial charge in [0.25, 0.3) is 0 Å². The second-order valence-electron chi connectivity index (χ2n) is 4.87. The van der Waals surface area contributed by atoms with Crippen LogP contribution >= 0.6 is 0 Å². The van der Waals surface area contributed by atoms with Gasteiger partial charge in [-0.15, -0.1) is 0 Å². The van der Waals surface area contributed by atoms with E-state index < -0.39 is 6.61 Å². The lowest BCUT2D eigenvalue weighted by Gasteiger charge is -2.14. The van der Waals surface area contributed by atoms with E-state index in [0.717, 1.165) is 13.0 Å². The van der Waals surface area contributed by atoms with E-state index in [0.29, 0.717) is 30.3 Å². The largest absolute Gasteiger partial charge is 0.434 e. The Kier molecular flexibility index (Phi) is 5.32. The highest BCUT2D eigenvalue weighted by Gasteiger charge is 2.17. The van der Waals surface area contributed by atoms with Gasteiger partial charge in [0.1, 0.15) is 5.75 Å². The van der Waals surface area contributed by atoms with Gasteiger partial charge in [0.15, 0.2) is 0 Å². The maximum absolute atomic E-state index is 12.3. The van der Waals surface area contributed by atoms with Crippen LogP contribution in [0.25, 0.3) is 0 Å². The summed E-state index contributed by atoms with van der Waals surface area (Å²) in [7, 11) is 0. The Balaban J connectivity index is 1.90. The Labute approximate surface area is 121 Å². The van der Waals surface area contributed by atoms with Crippen molar-refractivity contribution < 1.29 is 23.0 Å². The van der Waals surface area contributed by atoms with Gasteiger partial charge >= 0.3 is 12.6 Å². The molecule has 0 spiro atoms. The number of halogens is 2. The van der Waals surface area contributed by atoms with Crippen LogP contribution in [0.3, 0.4) is 0 Å². The number of nitrogens with one attached hydrogen (secondary N) is 2. The second kappa shape index (κ2) is 7.21. The summed E-state index contributed by atoms with van der Waals surface area (Å²) in [5.74, 6) is 0.373. The van der Waals surface area contributed by atoms with Crippen LogP contribution in [0.1, 0.15) is 12.0 Å². The van der Waals surface area contributed by atoms with Crippen molar-refractivity contribution in [2.24, 2.45) is 5.92 Å². The number of alkyl halides is 2. The fourth-order valence-corrected chi connectivity index (χ4v) is 2.12. The number of amides is 2. The first-order chi connectivity index (χ1) is 10.1. The molecule has 1 fully saturated rings. The zero-order chi connectivity index (χ0) is 15.2. The highest BCUT2D eigenvalue weighted by Crippen LogP contribution is 2.26. The molecule has 0 saturated carbocycles. The lowest BCUT2D eigenvalue weighted by Crippen LogP contribution is -2.33. The molecule has 1 heterocycles. The summed E-state index contributed by atoms with van der Waals surface area (Å²) in [5, 5.41) is 5.37. The van der Waals surface area contributed by atoms with E-state index in [9.17, 15) is 13.6 Å². The SMILES string of the molecule is Cc1c(NC(=O)NC[C@@H]2CCOC2)cccc1OC(F)F. The topological polar surface area (TPSA) is 59.6 Å². The van der Waals surface area contributed by atoms with E-state index in [2.05, 4.69) is 15.4 Å². The summed E-state index contributed by atoms with van der Waals surface area (Å²) in [6, 6.07) is 4.23. The van der Waals surface area contributed by atoms with Crippen molar-refractivity contribution in [1.82, 2.24) is 5.32 Å². The summed E-state index contributed by atoms with van der Waals surface area (Å²) in [5.41, 5.74) is 0.894. The number of carbonyl (C=O) groups excluding carboxylic acids is 1. The minimum Gasteiger partial charge on any atom is -0.434 e. The van der Waals surface area contributed by atoms with Gasteiger partial charge in [0.05, 0.1) is 6.61 Å². The minimum atomic E-state index is -2.89. The van der Waals surface area contributed by atoms with Gasteiger partial charge in [-0.3, -0.25) is 0 Å². The molecule has 1 saturated heterocycles. The van der Waals surface area contributed by atoms with Gasteiger partial charge < -0.3 is 20.1 Å². The van der Waals surface area contributed by atoms with Crippen LogP contribution in [0.2, 0.25) is 0 Å². The van der Waals surface area contributed by atoms with Gasteiger partial charge in [-0.1, -0.05) is 6.07 Å². The monoisotopic (exact) mass is 300 g/mol. The first-order valence-corrected chi connectivity index (χ1v) is 6.73. The van der Waals surface area contributed by atoms with Crippen molar-refractivity contribution in [2.45, 2.75) is 20.0 Å². The maximum Gasteiger partial charge on any atom is 0.387 e. The number of benzene rings is 1. The number of anilines is 1. The van der Waals surface area contributed by atoms with E-state index in [4.69, 9.17) is 4.74 Å². The van der Waals surface area contributed by atoms with Crippen molar-refractivity contribution in [3.05, 3.63) is 23.8 Å². The molecule has 2 rings (SSSR count). The molecule has 2 amide bonds. The highest BCUT2D eigenvalue weighted by atomic mass is 19.3. The Bertz CT molecular complexity index is 491. The molecule has 7 heteroatoms. The quantitative estimate of drug-likeness (QED) is 0.879. The second-order valence-corrected chi connectivity index (χ2v) is 4.87. The lowest BCUT2D eigenvalue weighted by atomic mass is 10.1. The Morgan fingerprint density at radius 3 is 3.00 bits per heavy atom. The molecular formula is C14H18F2N2O3. The molecule has 0 unspecified atom stereocenters. The number of rotatable bonds is 5. The van der Waals surface area contributed by atoms with Crippen LogP contribution < -0.4 is 15.4 Å². The molecule has 0 radical (unpaired) electrons. The normalized spacial score (nSPS) is 17.8. The molecule has 1 aliphatic heterocycles. The minimum absolute atomic E-state index is 0.0481. The summed E-state index contributed by atoms with van der Waals surface area (Å²) in [6.45, 7) is 0.614.